The van der Waals surface area contributed by atoms with Gasteiger partial charge in [0.05, 0.1) is 26.4 Å². The van der Waals surface area contributed by atoms with E-state index < -0.39 is 0 Å². The van der Waals surface area contributed by atoms with Crippen molar-refractivity contribution < 1.29 is 14.2 Å². The molecule has 0 radical (unpaired) electrons. The second-order valence-corrected chi connectivity index (χ2v) is 8.68. The molecule has 3 rings (SSSR count). The summed E-state index contributed by atoms with van der Waals surface area (Å²) >= 11 is 0. The molecule has 0 saturated carbocycles. The Kier molecular flexibility index (Phi) is 7.98. The number of nitrogens with zero attached hydrogens (tertiary/aromatic N) is 2. The molecule has 0 aromatic heterocycles. The zero-order chi connectivity index (χ0) is 22.5. The van der Waals surface area contributed by atoms with Crippen molar-refractivity contribution in [3.8, 4) is 0 Å². The Morgan fingerprint density at radius 3 is 1.52 bits per heavy atom. The topological polar surface area (TPSA) is 34.2 Å². The van der Waals surface area contributed by atoms with Crippen LogP contribution in [0.2, 0.25) is 0 Å². The monoisotopic (exact) mass is 426 g/mol. The van der Waals surface area contributed by atoms with E-state index in [0.29, 0.717) is 26.4 Å². The van der Waals surface area contributed by atoms with Crippen molar-refractivity contribution in [2.24, 2.45) is 0 Å². The van der Waals surface area contributed by atoms with Crippen LogP contribution >= 0.6 is 0 Å². The second kappa shape index (κ2) is 10.5. The first-order chi connectivity index (χ1) is 14.8. The third kappa shape index (κ3) is 5.40. The molecular formula is C26H38N2O3. The largest absolute Gasteiger partial charge is 0.382 e. The van der Waals surface area contributed by atoms with Gasteiger partial charge in [-0.05, 0) is 63.8 Å². The van der Waals surface area contributed by atoms with Gasteiger partial charge >= 0.3 is 0 Å². The first-order valence-corrected chi connectivity index (χ1v) is 11.2. The smallest absolute Gasteiger partial charge is 0.210 e. The Morgan fingerprint density at radius 2 is 1.10 bits per heavy atom. The summed E-state index contributed by atoms with van der Waals surface area (Å²) in [5, 5.41) is 0. The van der Waals surface area contributed by atoms with Crippen LogP contribution in [0.25, 0.3) is 0 Å². The standard InChI is InChI=1S/C26H38N2O3/c1-18-14-20(3)24(21(4)15-18)27-8-9-28(25-22(5)16-19(2)17-23(25)6)26(27)31-13-12-30-11-10-29-7/h14-17,26H,8-13H2,1-7H3. The molecule has 0 N–H and O–H groups in total. The number of hydrogen-bond donors (Lipinski definition) is 0. The van der Waals surface area contributed by atoms with E-state index in [0.717, 1.165) is 13.1 Å². The van der Waals surface area contributed by atoms with Gasteiger partial charge in [0.25, 0.3) is 0 Å². The Hall–Kier alpha value is -2.08. The third-order valence-electron chi connectivity index (χ3n) is 5.89. The summed E-state index contributed by atoms with van der Waals surface area (Å²) in [5.41, 5.74) is 10.3. The van der Waals surface area contributed by atoms with Crippen molar-refractivity contribution in [1.29, 1.82) is 0 Å². The lowest BCUT2D eigenvalue weighted by Gasteiger charge is -2.35. The maximum absolute atomic E-state index is 6.48. The van der Waals surface area contributed by atoms with Crippen LogP contribution in [0.5, 0.6) is 0 Å². The molecule has 31 heavy (non-hydrogen) atoms. The summed E-state index contributed by atoms with van der Waals surface area (Å²) in [4.78, 5) is 4.83. The normalized spacial score (nSPS) is 14.7. The molecule has 0 amide bonds. The Balaban J connectivity index is 1.89. The molecule has 1 aliphatic heterocycles. The number of anilines is 2. The molecule has 0 spiro atoms. The second-order valence-electron chi connectivity index (χ2n) is 8.68. The summed E-state index contributed by atoms with van der Waals surface area (Å²) in [5.74, 6) is 0. The summed E-state index contributed by atoms with van der Waals surface area (Å²) in [6.07, 6.45) is -0.161. The molecule has 1 saturated heterocycles. The van der Waals surface area contributed by atoms with E-state index in [4.69, 9.17) is 14.2 Å². The average molecular weight is 427 g/mol. The van der Waals surface area contributed by atoms with Crippen LogP contribution in [-0.4, -0.2) is 53.0 Å². The van der Waals surface area contributed by atoms with Crippen LogP contribution in [0.15, 0.2) is 24.3 Å². The number of hydrogen-bond acceptors (Lipinski definition) is 5. The molecule has 1 fully saturated rings. The fourth-order valence-electron chi connectivity index (χ4n) is 4.94. The predicted molar refractivity (Wildman–Crippen MR) is 128 cm³/mol. The van der Waals surface area contributed by atoms with Crippen molar-refractivity contribution in [1.82, 2.24) is 0 Å². The lowest BCUT2D eigenvalue weighted by molar-refractivity contribution is -0.00164. The maximum atomic E-state index is 6.48. The Morgan fingerprint density at radius 1 is 0.677 bits per heavy atom. The van der Waals surface area contributed by atoms with E-state index in [1.807, 2.05) is 0 Å². The number of ether oxygens (including phenoxy) is 3. The first kappa shape index (κ1) is 23.6. The molecule has 170 valence electrons. The fraction of sp³-hybridized carbons (Fsp3) is 0.538. The van der Waals surface area contributed by atoms with Gasteiger partial charge in [0.15, 0.2) is 0 Å². The molecule has 1 aliphatic rings. The van der Waals surface area contributed by atoms with E-state index in [1.165, 1.54) is 44.8 Å². The van der Waals surface area contributed by atoms with E-state index in [-0.39, 0.29) is 6.35 Å². The van der Waals surface area contributed by atoms with Crippen molar-refractivity contribution in [2.75, 3.05) is 56.4 Å². The number of aryl methyl sites for hydroxylation is 6. The average Bonchev–Trinajstić information content (AvgIpc) is 3.06. The Labute approximate surface area is 187 Å². The highest BCUT2D eigenvalue weighted by Crippen LogP contribution is 2.36. The minimum Gasteiger partial charge on any atom is -0.382 e. The van der Waals surface area contributed by atoms with Crippen LogP contribution < -0.4 is 9.80 Å². The van der Waals surface area contributed by atoms with Gasteiger partial charge in [-0.3, -0.25) is 0 Å². The lowest BCUT2D eigenvalue weighted by Crippen LogP contribution is -2.43. The Bertz CT molecular complexity index is 785. The predicted octanol–water partition coefficient (Wildman–Crippen LogP) is 4.83. The van der Waals surface area contributed by atoms with Crippen LogP contribution in [0.4, 0.5) is 11.4 Å². The van der Waals surface area contributed by atoms with Crippen LogP contribution in [0.3, 0.4) is 0 Å². The summed E-state index contributed by atoms with van der Waals surface area (Å²) in [7, 11) is 1.69. The summed E-state index contributed by atoms with van der Waals surface area (Å²) < 4.78 is 17.2. The van der Waals surface area contributed by atoms with Crippen LogP contribution in [-0.2, 0) is 14.2 Å². The van der Waals surface area contributed by atoms with Gasteiger partial charge in [-0.2, -0.15) is 0 Å². The first-order valence-electron chi connectivity index (χ1n) is 11.2. The van der Waals surface area contributed by atoms with Gasteiger partial charge < -0.3 is 24.0 Å². The van der Waals surface area contributed by atoms with Crippen molar-refractivity contribution in [2.45, 2.75) is 47.9 Å². The fourth-order valence-corrected chi connectivity index (χ4v) is 4.94. The van der Waals surface area contributed by atoms with Gasteiger partial charge in [0.2, 0.25) is 6.35 Å². The zero-order valence-corrected chi connectivity index (χ0v) is 20.2. The van der Waals surface area contributed by atoms with Gasteiger partial charge in [-0.25, -0.2) is 0 Å². The molecule has 2 aromatic carbocycles. The van der Waals surface area contributed by atoms with Gasteiger partial charge in [0, 0.05) is 31.6 Å². The highest BCUT2D eigenvalue weighted by atomic mass is 16.6. The molecule has 5 heteroatoms. The summed E-state index contributed by atoms with van der Waals surface area (Å²) in [6, 6.07) is 9.05. The third-order valence-corrected chi connectivity index (χ3v) is 5.89. The molecular weight excluding hydrogens is 388 g/mol. The van der Waals surface area contributed by atoms with E-state index >= 15 is 0 Å². The molecule has 5 nitrogen and oxygen atoms in total. The highest BCUT2D eigenvalue weighted by molar-refractivity contribution is 5.67. The van der Waals surface area contributed by atoms with Crippen LogP contribution in [0.1, 0.15) is 33.4 Å². The number of rotatable bonds is 9. The molecule has 0 aliphatic carbocycles. The number of benzene rings is 2. The lowest BCUT2D eigenvalue weighted by atomic mass is 10.0. The van der Waals surface area contributed by atoms with Crippen molar-refractivity contribution in [3.63, 3.8) is 0 Å². The number of methoxy groups -OCH3 is 1. The zero-order valence-electron chi connectivity index (χ0n) is 20.2. The molecule has 1 heterocycles. The maximum Gasteiger partial charge on any atom is 0.210 e. The van der Waals surface area contributed by atoms with E-state index in [1.54, 1.807) is 7.11 Å². The van der Waals surface area contributed by atoms with Crippen molar-refractivity contribution >= 4 is 11.4 Å². The highest BCUT2D eigenvalue weighted by Gasteiger charge is 2.36. The minimum atomic E-state index is -0.161. The van der Waals surface area contributed by atoms with Gasteiger partial charge in [0.1, 0.15) is 0 Å². The van der Waals surface area contributed by atoms with Gasteiger partial charge in [-0.15, -0.1) is 0 Å². The minimum absolute atomic E-state index is 0.161. The molecule has 2 aromatic rings. The quantitative estimate of drug-likeness (QED) is 0.537. The van der Waals surface area contributed by atoms with E-state index in [9.17, 15) is 0 Å². The SMILES string of the molecule is COCCOCCOC1N(c2c(C)cc(C)cc2C)CCN1c1c(C)cc(C)cc1C. The van der Waals surface area contributed by atoms with Gasteiger partial charge in [-0.1, -0.05) is 35.4 Å². The summed E-state index contributed by atoms with van der Waals surface area (Å²) in [6.45, 7) is 17.2. The van der Waals surface area contributed by atoms with Crippen molar-refractivity contribution in [3.05, 3.63) is 57.6 Å². The molecule has 0 bridgehead atoms. The molecule has 0 atom stereocenters. The van der Waals surface area contributed by atoms with E-state index in [2.05, 4.69) is 75.6 Å². The molecule has 0 unspecified atom stereocenters. The van der Waals surface area contributed by atoms with Crippen LogP contribution in [0, 0.1) is 41.5 Å².